The zero-order valence-corrected chi connectivity index (χ0v) is 18.1. The molecule has 0 saturated carbocycles. The molecule has 2 aliphatic heterocycles. The van der Waals surface area contributed by atoms with E-state index in [9.17, 15) is 9.18 Å². The molecule has 0 amide bonds. The fourth-order valence-corrected chi connectivity index (χ4v) is 5.62. The molecule has 2 saturated heterocycles. The van der Waals surface area contributed by atoms with Crippen molar-refractivity contribution in [2.24, 2.45) is 5.92 Å². The number of esters is 1. The molecule has 164 valence electrons. The van der Waals surface area contributed by atoms with Gasteiger partial charge in [-0.2, -0.15) is 0 Å². The van der Waals surface area contributed by atoms with E-state index in [0.29, 0.717) is 6.61 Å². The second kappa shape index (κ2) is 8.71. The highest BCUT2D eigenvalue weighted by Gasteiger charge is 2.41. The van der Waals surface area contributed by atoms with E-state index in [0.717, 1.165) is 56.4 Å². The van der Waals surface area contributed by atoms with E-state index in [1.165, 1.54) is 11.1 Å². The number of ether oxygens (including phenoxy) is 2. The van der Waals surface area contributed by atoms with Gasteiger partial charge in [-0.15, -0.1) is 0 Å². The van der Waals surface area contributed by atoms with Gasteiger partial charge in [-0.05, 0) is 80.1 Å². The van der Waals surface area contributed by atoms with E-state index < -0.39 is 0 Å². The largest absolute Gasteiger partial charge is 0.466 e. The minimum absolute atomic E-state index is 0.0218. The average molecular weight is 424 g/mol. The number of likely N-dealkylation sites (tertiary alicyclic amines) is 1. The molecule has 2 heterocycles. The number of hydrogen-bond donors (Lipinski definition) is 0. The Bertz CT molecular complexity index is 953. The first-order chi connectivity index (χ1) is 15.1. The van der Waals surface area contributed by atoms with Gasteiger partial charge in [0, 0.05) is 12.5 Å². The van der Waals surface area contributed by atoms with Crippen molar-refractivity contribution < 1.29 is 18.7 Å². The van der Waals surface area contributed by atoms with Crippen molar-refractivity contribution in [3.8, 4) is 0 Å². The molecule has 2 aromatic carbocycles. The lowest BCUT2D eigenvalue weighted by Crippen LogP contribution is -2.40. The molecule has 0 bridgehead atoms. The van der Waals surface area contributed by atoms with Crippen LogP contribution in [0, 0.1) is 11.7 Å². The smallest absolute Gasteiger partial charge is 0.309 e. The van der Waals surface area contributed by atoms with E-state index in [2.05, 4.69) is 29.2 Å². The lowest BCUT2D eigenvalue weighted by molar-refractivity contribution is -0.149. The highest BCUT2D eigenvalue weighted by molar-refractivity contribution is 5.72. The van der Waals surface area contributed by atoms with E-state index >= 15 is 0 Å². The third-order valence-corrected chi connectivity index (χ3v) is 7.14. The van der Waals surface area contributed by atoms with Crippen molar-refractivity contribution in [3.05, 3.63) is 70.5 Å². The Morgan fingerprint density at radius 1 is 1.13 bits per heavy atom. The van der Waals surface area contributed by atoms with Crippen LogP contribution >= 0.6 is 0 Å². The minimum Gasteiger partial charge on any atom is -0.466 e. The summed E-state index contributed by atoms with van der Waals surface area (Å²) in [6.45, 7) is 4.94. The predicted octanol–water partition coefficient (Wildman–Crippen LogP) is 4.62. The Kier molecular flexibility index (Phi) is 5.81. The van der Waals surface area contributed by atoms with Crippen molar-refractivity contribution in [2.45, 2.75) is 50.7 Å². The van der Waals surface area contributed by atoms with Crippen LogP contribution < -0.4 is 0 Å². The molecule has 0 radical (unpaired) electrons. The summed E-state index contributed by atoms with van der Waals surface area (Å²) in [5.74, 6) is 0.0168. The van der Waals surface area contributed by atoms with Gasteiger partial charge in [-0.1, -0.05) is 30.3 Å². The van der Waals surface area contributed by atoms with Crippen LogP contribution in [-0.4, -0.2) is 43.2 Å². The fourth-order valence-electron chi connectivity index (χ4n) is 5.62. The van der Waals surface area contributed by atoms with Crippen LogP contribution in [0.25, 0.3) is 0 Å². The van der Waals surface area contributed by atoms with Crippen LogP contribution in [0.3, 0.4) is 0 Å². The van der Waals surface area contributed by atoms with Gasteiger partial charge in [0.15, 0.2) is 0 Å². The maximum absolute atomic E-state index is 14.1. The van der Waals surface area contributed by atoms with Gasteiger partial charge in [0.2, 0.25) is 0 Å². The monoisotopic (exact) mass is 423 g/mol. The highest BCUT2D eigenvalue weighted by atomic mass is 19.1. The fraction of sp³-hybridized carbons (Fsp3) is 0.500. The summed E-state index contributed by atoms with van der Waals surface area (Å²) in [7, 11) is 0. The summed E-state index contributed by atoms with van der Waals surface area (Å²) in [5, 5.41) is 0. The maximum Gasteiger partial charge on any atom is 0.309 e. The summed E-state index contributed by atoms with van der Waals surface area (Å²) in [5.41, 5.74) is 4.83. The van der Waals surface area contributed by atoms with E-state index in [1.807, 2.05) is 13.0 Å². The Morgan fingerprint density at radius 3 is 2.71 bits per heavy atom. The maximum atomic E-state index is 14.1. The first kappa shape index (κ1) is 20.7. The SMILES string of the molecule is CCOC(=O)C1CCN(CC2CC3c4ccccc4Cc4ccc(F)cc4C3O2)CC1. The number of carbonyl (C=O) groups is 1. The predicted molar refractivity (Wildman–Crippen MR) is 116 cm³/mol. The van der Waals surface area contributed by atoms with Crippen LogP contribution in [-0.2, 0) is 20.7 Å². The first-order valence-corrected chi connectivity index (χ1v) is 11.5. The molecular weight excluding hydrogens is 393 g/mol. The van der Waals surface area contributed by atoms with E-state index in [4.69, 9.17) is 9.47 Å². The Hall–Kier alpha value is -2.24. The second-order valence-electron chi connectivity index (χ2n) is 9.07. The van der Waals surface area contributed by atoms with Gasteiger partial charge in [0.1, 0.15) is 5.82 Å². The molecule has 1 aliphatic carbocycles. The molecule has 0 N–H and O–H groups in total. The van der Waals surface area contributed by atoms with Gasteiger partial charge in [-0.25, -0.2) is 4.39 Å². The van der Waals surface area contributed by atoms with Crippen molar-refractivity contribution in [1.82, 2.24) is 4.90 Å². The number of rotatable bonds is 4. The van der Waals surface area contributed by atoms with Crippen molar-refractivity contribution in [2.75, 3.05) is 26.2 Å². The van der Waals surface area contributed by atoms with E-state index in [1.54, 1.807) is 12.1 Å². The summed E-state index contributed by atoms with van der Waals surface area (Å²) < 4.78 is 25.9. The molecule has 5 heteroatoms. The topological polar surface area (TPSA) is 38.8 Å². The molecule has 0 aromatic heterocycles. The molecule has 2 fully saturated rings. The zero-order valence-electron chi connectivity index (χ0n) is 18.1. The molecule has 0 spiro atoms. The lowest BCUT2D eigenvalue weighted by Gasteiger charge is -2.32. The molecule has 3 unspecified atom stereocenters. The van der Waals surface area contributed by atoms with Gasteiger partial charge in [-0.3, -0.25) is 4.79 Å². The van der Waals surface area contributed by atoms with Gasteiger partial charge in [0.05, 0.1) is 24.7 Å². The third kappa shape index (κ3) is 4.13. The van der Waals surface area contributed by atoms with Crippen molar-refractivity contribution in [1.29, 1.82) is 0 Å². The second-order valence-corrected chi connectivity index (χ2v) is 9.07. The van der Waals surface area contributed by atoms with Crippen LogP contribution in [0.15, 0.2) is 42.5 Å². The van der Waals surface area contributed by atoms with Gasteiger partial charge >= 0.3 is 5.97 Å². The number of fused-ring (bicyclic) bond motifs is 5. The summed E-state index contributed by atoms with van der Waals surface area (Å²) >= 11 is 0. The summed E-state index contributed by atoms with van der Waals surface area (Å²) in [6.07, 6.45) is 3.46. The first-order valence-electron chi connectivity index (χ1n) is 11.5. The third-order valence-electron chi connectivity index (χ3n) is 7.14. The zero-order chi connectivity index (χ0) is 21.4. The van der Waals surface area contributed by atoms with Crippen molar-refractivity contribution in [3.63, 3.8) is 0 Å². The van der Waals surface area contributed by atoms with Crippen LogP contribution in [0.1, 0.15) is 60.5 Å². The molecule has 5 rings (SSSR count). The molecule has 2 aromatic rings. The van der Waals surface area contributed by atoms with Crippen molar-refractivity contribution >= 4 is 5.97 Å². The number of piperidine rings is 1. The number of hydrogen-bond acceptors (Lipinski definition) is 4. The average Bonchev–Trinajstić information content (AvgIpc) is 3.14. The van der Waals surface area contributed by atoms with E-state index in [-0.39, 0.29) is 35.8 Å². The van der Waals surface area contributed by atoms with Crippen LogP contribution in [0.2, 0.25) is 0 Å². The number of benzene rings is 2. The number of halogens is 1. The normalized spacial score (nSPS) is 25.9. The van der Waals surface area contributed by atoms with Crippen LogP contribution in [0.4, 0.5) is 4.39 Å². The highest BCUT2D eigenvalue weighted by Crippen LogP contribution is 2.49. The quantitative estimate of drug-likeness (QED) is 0.673. The Balaban J connectivity index is 1.32. The number of carbonyl (C=O) groups excluding carboxylic acids is 1. The Morgan fingerprint density at radius 2 is 1.90 bits per heavy atom. The van der Waals surface area contributed by atoms with Crippen LogP contribution in [0.5, 0.6) is 0 Å². The minimum atomic E-state index is -0.198. The summed E-state index contributed by atoms with van der Waals surface area (Å²) in [4.78, 5) is 14.4. The molecule has 4 nitrogen and oxygen atoms in total. The summed E-state index contributed by atoms with van der Waals surface area (Å²) in [6, 6.07) is 13.7. The standard InChI is InChI=1S/C26H30FNO3/c1-2-30-26(29)17-9-11-28(12-10-17)16-21-15-24-22-6-4-3-5-18(22)13-19-7-8-20(27)14-23(19)25(24)31-21/h3-8,14,17,21,24-25H,2,9-13,15-16H2,1H3. The molecule has 31 heavy (non-hydrogen) atoms. The molecule has 3 atom stereocenters. The lowest BCUT2D eigenvalue weighted by atomic mass is 9.87. The Labute approximate surface area is 183 Å². The molecular formula is C26H30FNO3. The van der Waals surface area contributed by atoms with Gasteiger partial charge in [0.25, 0.3) is 0 Å². The number of nitrogens with zero attached hydrogens (tertiary/aromatic N) is 1. The molecule has 3 aliphatic rings. The van der Waals surface area contributed by atoms with Gasteiger partial charge < -0.3 is 14.4 Å².